The van der Waals surface area contributed by atoms with E-state index in [1.54, 1.807) is 36.0 Å². The maximum Gasteiger partial charge on any atom is 0.255 e. The van der Waals surface area contributed by atoms with Crippen molar-refractivity contribution in [3.05, 3.63) is 65.0 Å². The minimum absolute atomic E-state index is 0.309. The number of anilines is 1. The summed E-state index contributed by atoms with van der Waals surface area (Å²) in [5.74, 6) is -4.09. The van der Waals surface area contributed by atoms with Gasteiger partial charge in [-0.25, -0.2) is 13.2 Å². The number of hydrogen-bond donors (Lipinski definition) is 1. The third kappa shape index (κ3) is 3.58. The van der Waals surface area contributed by atoms with Gasteiger partial charge in [0.15, 0.2) is 17.5 Å². The van der Waals surface area contributed by atoms with Crippen molar-refractivity contribution in [1.29, 1.82) is 0 Å². The molecule has 0 saturated carbocycles. The van der Waals surface area contributed by atoms with Crippen LogP contribution < -0.4 is 5.32 Å². The first-order chi connectivity index (χ1) is 10.0. The van der Waals surface area contributed by atoms with Crippen LogP contribution in [-0.2, 0) is 5.75 Å². The Labute approximate surface area is 124 Å². The van der Waals surface area contributed by atoms with Crippen molar-refractivity contribution in [3.8, 4) is 0 Å². The molecule has 0 aliphatic rings. The summed E-state index contributed by atoms with van der Waals surface area (Å²) in [6, 6.07) is 8.50. The zero-order chi connectivity index (χ0) is 15.4. The Morgan fingerprint density at radius 2 is 1.71 bits per heavy atom. The predicted molar refractivity (Wildman–Crippen MR) is 77.9 cm³/mol. The second-order valence-electron chi connectivity index (χ2n) is 4.31. The van der Waals surface area contributed by atoms with Crippen LogP contribution in [0.3, 0.4) is 0 Å². The van der Waals surface area contributed by atoms with Crippen molar-refractivity contribution >= 4 is 23.4 Å². The fraction of sp³-hybridized carbons (Fsp3) is 0.133. The zero-order valence-corrected chi connectivity index (χ0v) is 11.9. The first kappa shape index (κ1) is 15.4. The van der Waals surface area contributed by atoms with Crippen LogP contribution in [0.25, 0.3) is 0 Å². The molecule has 0 saturated heterocycles. The van der Waals surface area contributed by atoms with Gasteiger partial charge in [0.05, 0.1) is 5.69 Å². The Bertz CT molecular complexity index is 659. The largest absolute Gasteiger partial charge is 0.319 e. The fourth-order valence-corrected chi connectivity index (χ4v) is 2.26. The summed E-state index contributed by atoms with van der Waals surface area (Å²) in [6.45, 7) is 0. The third-order valence-corrected chi connectivity index (χ3v) is 3.43. The average Bonchev–Trinajstić information content (AvgIpc) is 2.49. The number of hydrogen-bond acceptors (Lipinski definition) is 2. The van der Waals surface area contributed by atoms with Gasteiger partial charge in [-0.3, -0.25) is 4.79 Å². The minimum atomic E-state index is -1.61. The molecule has 0 spiro atoms. The third-order valence-electron chi connectivity index (χ3n) is 2.81. The molecule has 0 fully saturated rings. The van der Waals surface area contributed by atoms with E-state index < -0.39 is 29.0 Å². The predicted octanol–water partition coefficient (Wildman–Crippen LogP) is 4.22. The van der Waals surface area contributed by atoms with Crippen molar-refractivity contribution in [2.75, 3.05) is 11.6 Å². The molecule has 2 aromatic rings. The first-order valence-corrected chi connectivity index (χ1v) is 7.45. The van der Waals surface area contributed by atoms with Gasteiger partial charge in [0.25, 0.3) is 5.91 Å². The molecule has 0 aliphatic heterocycles. The van der Waals surface area contributed by atoms with Crippen LogP contribution >= 0.6 is 11.8 Å². The minimum Gasteiger partial charge on any atom is -0.319 e. The smallest absolute Gasteiger partial charge is 0.255 e. The van der Waals surface area contributed by atoms with Gasteiger partial charge >= 0.3 is 0 Å². The molecule has 2 nitrogen and oxygen atoms in total. The van der Waals surface area contributed by atoms with Crippen LogP contribution in [0.5, 0.6) is 0 Å². The number of halogens is 3. The molecular formula is C15H12F3NOS. The number of amides is 1. The zero-order valence-electron chi connectivity index (χ0n) is 11.1. The van der Waals surface area contributed by atoms with Crippen molar-refractivity contribution in [2.24, 2.45) is 0 Å². The molecular weight excluding hydrogens is 299 g/mol. The van der Waals surface area contributed by atoms with Gasteiger partial charge in [-0.2, -0.15) is 11.8 Å². The van der Waals surface area contributed by atoms with Crippen LogP contribution in [0.1, 0.15) is 15.9 Å². The number of carbonyl (C=O) groups excluding carboxylic acids is 1. The molecule has 0 radical (unpaired) electrons. The lowest BCUT2D eigenvalue weighted by atomic mass is 10.1. The molecule has 0 heterocycles. The molecule has 0 atom stereocenters. The summed E-state index contributed by atoms with van der Waals surface area (Å²) in [7, 11) is 0. The Morgan fingerprint density at radius 3 is 2.33 bits per heavy atom. The molecule has 2 aromatic carbocycles. The van der Waals surface area contributed by atoms with Crippen molar-refractivity contribution in [3.63, 3.8) is 0 Å². The number of carbonyl (C=O) groups is 1. The molecule has 21 heavy (non-hydrogen) atoms. The summed E-state index contributed by atoms with van der Waals surface area (Å²) >= 11 is 1.65. The maximum absolute atomic E-state index is 13.5. The van der Waals surface area contributed by atoms with Gasteiger partial charge < -0.3 is 5.32 Å². The van der Waals surface area contributed by atoms with E-state index in [-0.39, 0.29) is 0 Å². The van der Waals surface area contributed by atoms with Crippen LogP contribution in [0.15, 0.2) is 36.4 Å². The number of rotatable bonds is 4. The molecule has 0 unspecified atom stereocenters. The Hall–Kier alpha value is -1.95. The van der Waals surface area contributed by atoms with Gasteiger partial charge in [-0.05, 0) is 36.1 Å². The molecule has 110 valence electrons. The highest BCUT2D eigenvalue weighted by molar-refractivity contribution is 7.97. The lowest BCUT2D eigenvalue weighted by molar-refractivity contribution is 0.102. The van der Waals surface area contributed by atoms with E-state index in [2.05, 4.69) is 5.32 Å². The second kappa shape index (κ2) is 6.67. The maximum atomic E-state index is 13.5. The summed E-state index contributed by atoms with van der Waals surface area (Å²) in [4.78, 5) is 11.9. The summed E-state index contributed by atoms with van der Waals surface area (Å²) in [5.41, 5.74) is 0.967. The Kier molecular flexibility index (Phi) is 4.90. The van der Waals surface area contributed by atoms with Crippen molar-refractivity contribution in [2.45, 2.75) is 5.75 Å². The normalized spacial score (nSPS) is 10.5. The molecule has 0 aromatic heterocycles. The first-order valence-electron chi connectivity index (χ1n) is 6.05. The summed E-state index contributed by atoms with van der Waals surface area (Å²) < 4.78 is 39.4. The number of benzene rings is 2. The Balaban J connectivity index is 2.16. The lowest BCUT2D eigenvalue weighted by Gasteiger charge is -2.08. The van der Waals surface area contributed by atoms with Crippen LogP contribution in [-0.4, -0.2) is 12.2 Å². The van der Waals surface area contributed by atoms with Gasteiger partial charge in [-0.15, -0.1) is 0 Å². The van der Waals surface area contributed by atoms with Crippen LogP contribution in [0, 0.1) is 17.5 Å². The number of thioether (sulfide) groups is 1. The SMILES string of the molecule is CSCc1ccc(C(=O)Nc2ccc(F)c(F)c2F)cc1. The lowest BCUT2D eigenvalue weighted by Crippen LogP contribution is -2.13. The van der Waals surface area contributed by atoms with E-state index in [9.17, 15) is 18.0 Å². The molecule has 0 aliphatic carbocycles. The van der Waals surface area contributed by atoms with Crippen molar-refractivity contribution < 1.29 is 18.0 Å². The van der Waals surface area contributed by atoms with Gasteiger partial charge in [-0.1, -0.05) is 12.1 Å². The average molecular weight is 311 g/mol. The molecule has 0 bridgehead atoms. The van der Waals surface area contributed by atoms with E-state index in [0.29, 0.717) is 5.56 Å². The van der Waals surface area contributed by atoms with E-state index in [1.165, 1.54) is 0 Å². The van der Waals surface area contributed by atoms with E-state index in [0.717, 1.165) is 23.4 Å². The molecule has 6 heteroatoms. The Morgan fingerprint density at radius 1 is 1.05 bits per heavy atom. The second-order valence-corrected chi connectivity index (χ2v) is 5.17. The highest BCUT2D eigenvalue weighted by Gasteiger charge is 2.15. The van der Waals surface area contributed by atoms with Gasteiger partial charge in [0, 0.05) is 11.3 Å². The molecule has 2 rings (SSSR count). The van der Waals surface area contributed by atoms with E-state index >= 15 is 0 Å². The van der Waals surface area contributed by atoms with E-state index in [1.807, 2.05) is 6.26 Å². The molecule has 1 amide bonds. The summed E-state index contributed by atoms with van der Waals surface area (Å²) in [6.07, 6.45) is 1.96. The van der Waals surface area contributed by atoms with Crippen molar-refractivity contribution in [1.82, 2.24) is 0 Å². The fourth-order valence-electron chi connectivity index (χ4n) is 1.74. The van der Waals surface area contributed by atoms with Crippen LogP contribution in [0.2, 0.25) is 0 Å². The monoisotopic (exact) mass is 311 g/mol. The molecule has 1 N–H and O–H groups in total. The van der Waals surface area contributed by atoms with E-state index in [4.69, 9.17) is 0 Å². The quantitative estimate of drug-likeness (QED) is 0.857. The number of nitrogens with one attached hydrogen (secondary N) is 1. The summed E-state index contributed by atoms with van der Waals surface area (Å²) in [5, 5.41) is 2.22. The highest BCUT2D eigenvalue weighted by atomic mass is 32.2. The van der Waals surface area contributed by atoms with Crippen LogP contribution in [0.4, 0.5) is 18.9 Å². The highest BCUT2D eigenvalue weighted by Crippen LogP contribution is 2.20. The van der Waals surface area contributed by atoms with Gasteiger partial charge in [0.1, 0.15) is 0 Å². The van der Waals surface area contributed by atoms with Gasteiger partial charge in [0.2, 0.25) is 0 Å². The topological polar surface area (TPSA) is 29.1 Å². The standard InChI is InChI=1S/C15H12F3NOS/c1-21-8-9-2-4-10(5-3-9)15(20)19-12-7-6-11(16)13(17)14(12)18/h2-7H,8H2,1H3,(H,19,20).